The van der Waals surface area contributed by atoms with Crippen LogP contribution in [0.1, 0.15) is 13.3 Å². The third kappa shape index (κ3) is 4.03. The number of ether oxygens (including phenoxy) is 1. The molecule has 6 nitrogen and oxygen atoms in total. The van der Waals surface area contributed by atoms with E-state index in [1.54, 1.807) is 12.5 Å². The normalized spacial score (nSPS) is 20.6. The van der Waals surface area contributed by atoms with Gasteiger partial charge in [-0.05, 0) is 13.3 Å². The summed E-state index contributed by atoms with van der Waals surface area (Å²) in [6.07, 6.45) is 6.38. The molecule has 1 aromatic rings. The first kappa shape index (κ1) is 12.9. The average molecular weight is 252 g/mol. The molecule has 6 heteroatoms. The summed E-state index contributed by atoms with van der Waals surface area (Å²) < 4.78 is 7.20. The molecule has 1 fully saturated rings. The van der Waals surface area contributed by atoms with Crippen LogP contribution in [0.5, 0.6) is 0 Å². The van der Waals surface area contributed by atoms with Crippen molar-refractivity contribution in [2.45, 2.75) is 25.9 Å². The lowest BCUT2D eigenvalue weighted by molar-refractivity contribution is 0.185. The SMILES string of the molecule is C[C@H](Cn1ccnc1)NC(=O)NC[C@H]1CCOC1. The molecule has 0 radical (unpaired) electrons. The number of carbonyl (C=O) groups excluding carboxylic acids is 1. The van der Waals surface area contributed by atoms with E-state index in [9.17, 15) is 4.79 Å². The summed E-state index contributed by atoms with van der Waals surface area (Å²) in [5.74, 6) is 0.458. The predicted molar refractivity (Wildman–Crippen MR) is 67.1 cm³/mol. The summed E-state index contributed by atoms with van der Waals surface area (Å²) in [6.45, 7) is 4.94. The van der Waals surface area contributed by atoms with E-state index in [-0.39, 0.29) is 12.1 Å². The highest BCUT2D eigenvalue weighted by molar-refractivity contribution is 5.74. The van der Waals surface area contributed by atoms with Crippen molar-refractivity contribution in [1.29, 1.82) is 0 Å². The molecule has 2 rings (SSSR count). The molecule has 0 unspecified atom stereocenters. The number of imidazole rings is 1. The van der Waals surface area contributed by atoms with Crippen molar-refractivity contribution < 1.29 is 9.53 Å². The molecule has 2 N–H and O–H groups in total. The van der Waals surface area contributed by atoms with Crippen LogP contribution in [-0.2, 0) is 11.3 Å². The third-order valence-electron chi connectivity index (χ3n) is 3.00. The lowest BCUT2D eigenvalue weighted by atomic mass is 10.1. The van der Waals surface area contributed by atoms with Crippen molar-refractivity contribution >= 4 is 6.03 Å². The Morgan fingerprint density at radius 3 is 3.22 bits per heavy atom. The molecular weight excluding hydrogens is 232 g/mol. The van der Waals surface area contributed by atoms with Gasteiger partial charge in [0.15, 0.2) is 0 Å². The van der Waals surface area contributed by atoms with Crippen molar-refractivity contribution in [1.82, 2.24) is 20.2 Å². The second kappa shape index (κ2) is 6.39. The molecule has 18 heavy (non-hydrogen) atoms. The van der Waals surface area contributed by atoms with Crippen molar-refractivity contribution in [3.05, 3.63) is 18.7 Å². The number of amides is 2. The molecule has 1 aromatic heterocycles. The van der Waals surface area contributed by atoms with Gasteiger partial charge in [-0.3, -0.25) is 0 Å². The Hall–Kier alpha value is -1.56. The van der Waals surface area contributed by atoms with Gasteiger partial charge in [-0.2, -0.15) is 0 Å². The number of hydrogen-bond acceptors (Lipinski definition) is 3. The van der Waals surface area contributed by atoms with Gasteiger partial charge in [-0.15, -0.1) is 0 Å². The smallest absolute Gasteiger partial charge is 0.315 e. The van der Waals surface area contributed by atoms with Crippen molar-refractivity contribution in [2.24, 2.45) is 5.92 Å². The molecule has 100 valence electrons. The fraction of sp³-hybridized carbons (Fsp3) is 0.667. The van der Waals surface area contributed by atoms with E-state index in [0.717, 1.165) is 26.2 Å². The molecular formula is C12H20N4O2. The Kier molecular flexibility index (Phi) is 4.58. The Labute approximate surface area is 107 Å². The molecule has 1 aliphatic rings. The molecule has 2 amide bonds. The molecule has 0 saturated carbocycles. The summed E-state index contributed by atoms with van der Waals surface area (Å²) in [5.41, 5.74) is 0. The highest BCUT2D eigenvalue weighted by Gasteiger charge is 2.16. The van der Waals surface area contributed by atoms with Crippen LogP contribution in [0.2, 0.25) is 0 Å². The van der Waals surface area contributed by atoms with E-state index in [2.05, 4.69) is 15.6 Å². The van der Waals surface area contributed by atoms with Gasteiger partial charge in [0.1, 0.15) is 0 Å². The minimum Gasteiger partial charge on any atom is -0.381 e. The number of aromatic nitrogens is 2. The van der Waals surface area contributed by atoms with Crippen molar-refractivity contribution in [2.75, 3.05) is 19.8 Å². The van der Waals surface area contributed by atoms with Crippen LogP contribution in [0.25, 0.3) is 0 Å². The largest absolute Gasteiger partial charge is 0.381 e. The van der Waals surface area contributed by atoms with Crippen LogP contribution in [0, 0.1) is 5.92 Å². The first-order chi connectivity index (χ1) is 8.74. The Morgan fingerprint density at radius 2 is 2.56 bits per heavy atom. The number of urea groups is 1. The average Bonchev–Trinajstić information content (AvgIpc) is 2.98. The van der Waals surface area contributed by atoms with E-state index < -0.39 is 0 Å². The Bertz CT molecular complexity index is 360. The monoisotopic (exact) mass is 252 g/mol. The molecule has 1 aliphatic heterocycles. The van der Waals surface area contributed by atoms with Gasteiger partial charge < -0.3 is 19.9 Å². The Morgan fingerprint density at radius 1 is 1.67 bits per heavy atom. The molecule has 0 aliphatic carbocycles. The van der Waals surface area contributed by atoms with Crippen LogP contribution >= 0.6 is 0 Å². The van der Waals surface area contributed by atoms with E-state index in [1.165, 1.54) is 0 Å². The highest BCUT2D eigenvalue weighted by atomic mass is 16.5. The fourth-order valence-electron chi connectivity index (χ4n) is 2.01. The van der Waals surface area contributed by atoms with Gasteiger partial charge in [0.25, 0.3) is 0 Å². The van der Waals surface area contributed by atoms with Crippen LogP contribution in [0.15, 0.2) is 18.7 Å². The summed E-state index contributed by atoms with van der Waals surface area (Å²) >= 11 is 0. The van der Waals surface area contributed by atoms with Crippen LogP contribution in [-0.4, -0.2) is 41.4 Å². The summed E-state index contributed by atoms with van der Waals surface area (Å²) in [7, 11) is 0. The highest BCUT2D eigenvalue weighted by Crippen LogP contribution is 2.10. The van der Waals surface area contributed by atoms with E-state index in [0.29, 0.717) is 12.5 Å². The Balaban J connectivity index is 1.63. The van der Waals surface area contributed by atoms with Crippen molar-refractivity contribution in [3.63, 3.8) is 0 Å². The lowest BCUT2D eigenvalue weighted by Gasteiger charge is -2.16. The number of carbonyl (C=O) groups is 1. The molecule has 0 bridgehead atoms. The van der Waals surface area contributed by atoms with Crippen LogP contribution in [0.4, 0.5) is 4.79 Å². The standard InChI is InChI=1S/C12H20N4O2/c1-10(7-16-4-3-13-9-16)15-12(17)14-6-11-2-5-18-8-11/h3-4,9-11H,2,5-8H2,1H3,(H2,14,15,17)/t10-,11-/m1/s1. The van der Waals surface area contributed by atoms with E-state index >= 15 is 0 Å². The predicted octanol–water partition coefficient (Wildman–Crippen LogP) is 0.607. The topological polar surface area (TPSA) is 68.2 Å². The molecule has 2 atom stereocenters. The number of rotatable bonds is 5. The summed E-state index contributed by atoms with van der Waals surface area (Å²) in [6, 6.07) is -0.0476. The van der Waals surface area contributed by atoms with E-state index in [1.807, 2.05) is 17.7 Å². The van der Waals surface area contributed by atoms with Gasteiger partial charge in [0.05, 0.1) is 12.9 Å². The first-order valence-corrected chi connectivity index (χ1v) is 6.32. The molecule has 2 heterocycles. The zero-order chi connectivity index (χ0) is 12.8. The fourth-order valence-corrected chi connectivity index (χ4v) is 2.01. The van der Waals surface area contributed by atoms with Crippen molar-refractivity contribution in [3.8, 4) is 0 Å². The molecule has 0 aromatic carbocycles. The van der Waals surface area contributed by atoms with Crippen LogP contribution in [0.3, 0.4) is 0 Å². The van der Waals surface area contributed by atoms with Gasteiger partial charge in [0.2, 0.25) is 0 Å². The van der Waals surface area contributed by atoms with Gasteiger partial charge in [-0.25, -0.2) is 9.78 Å². The maximum absolute atomic E-state index is 11.7. The minimum absolute atomic E-state index is 0.0685. The van der Waals surface area contributed by atoms with Crippen LogP contribution < -0.4 is 10.6 Å². The lowest BCUT2D eigenvalue weighted by Crippen LogP contribution is -2.44. The maximum Gasteiger partial charge on any atom is 0.315 e. The number of nitrogens with zero attached hydrogens (tertiary/aromatic N) is 2. The summed E-state index contributed by atoms with van der Waals surface area (Å²) in [5, 5.41) is 5.78. The zero-order valence-corrected chi connectivity index (χ0v) is 10.6. The molecule has 1 saturated heterocycles. The quantitative estimate of drug-likeness (QED) is 0.806. The zero-order valence-electron chi connectivity index (χ0n) is 10.6. The number of nitrogens with one attached hydrogen (secondary N) is 2. The number of hydrogen-bond donors (Lipinski definition) is 2. The van der Waals surface area contributed by atoms with Gasteiger partial charge in [0, 0.05) is 44.0 Å². The van der Waals surface area contributed by atoms with E-state index in [4.69, 9.17) is 4.74 Å². The minimum atomic E-state index is -0.116. The second-order valence-electron chi connectivity index (χ2n) is 4.74. The van der Waals surface area contributed by atoms with Gasteiger partial charge in [-0.1, -0.05) is 0 Å². The maximum atomic E-state index is 11.7. The first-order valence-electron chi connectivity index (χ1n) is 6.32. The third-order valence-corrected chi connectivity index (χ3v) is 3.00. The summed E-state index contributed by atoms with van der Waals surface area (Å²) in [4.78, 5) is 15.6. The van der Waals surface area contributed by atoms with Gasteiger partial charge >= 0.3 is 6.03 Å². The molecule has 0 spiro atoms. The second-order valence-corrected chi connectivity index (χ2v) is 4.74.